The molecular weight excluding hydrogens is 402 g/mol. The van der Waals surface area contributed by atoms with E-state index >= 15 is 0 Å². The third kappa shape index (κ3) is 5.94. The van der Waals surface area contributed by atoms with Crippen molar-refractivity contribution in [3.8, 4) is 0 Å². The van der Waals surface area contributed by atoms with Crippen LogP contribution in [0.2, 0.25) is 5.02 Å². The van der Waals surface area contributed by atoms with Crippen LogP contribution in [0.5, 0.6) is 0 Å². The number of amides is 3. The topological polar surface area (TPSA) is 78.5 Å². The van der Waals surface area contributed by atoms with Crippen LogP contribution in [0.3, 0.4) is 0 Å². The summed E-state index contributed by atoms with van der Waals surface area (Å²) in [6.07, 6.45) is 4.68. The highest BCUT2D eigenvalue weighted by Crippen LogP contribution is 2.17. The SMILES string of the molecule is CC(=O)Nc1ccc(C(=O)N/C(=C/c2ccc(Cl)cc2)C(=O)N2CCCCC2)cc1. The lowest BCUT2D eigenvalue weighted by Crippen LogP contribution is -2.41. The summed E-state index contributed by atoms with van der Waals surface area (Å²) < 4.78 is 0. The molecular formula is C23H24ClN3O3. The molecule has 0 radical (unpaired) electrons. The molecule has 1 aliphatic rings. The Hall–Kier alpha value is -3.12. The first-order chi connectivity index (χ1) is 14.4. The van der Waals surface area contributed by atoms with Gasteiger partial charge in [-0.05, 0) is 67.3 Å². The smallest absolute Gasteiger partial charge is 0.270 e. The molecule has 0 bridgehead atoms. The van der Waals surface area contributed by atoms with Gasteiger partial charge in [0.2, 0.25) is 5.91 Å². The number of carbonyl (C=O) groups excluding carboxylic acids is 3. The van der Waals surface area contributed by atoms with Crippen LogP contribution in [0.15, 0.2) is 54.2 Å². The second-order valence-electron chi connectivity index (χ2n) is 7.18. The Labute approximate surface area is 180 Å². The number of likely N-dealkylation sites (tertiary alicyclic amines) is 1. The average molecular weight is 426 g/mol. The third-order valence-corrected chi connectivity index (χ3v) is 5.02. The largest absolute Gasteiger partial charge is 0.337 e. The van der Waals surface area contributed by atoms with Gasteiger partial charge in [-0.2, -0.15) is 0 Å². The van der Waals surface area contributed by atoms with Gasteiger partial charge in [-0.15, -0.1) is 0 Å². The van der Waals surface area contributed by atoms with E-state index in [0.29, 0.717) is 29.4 Å². The Balaban J connectivity index is 1.82. The molecule has 2 aromatic rings. The summed E-state index contributed by atoms with van der Waals surface area (Å²) >= 11 is 5.95. The zero-order chi connectivity index (χ0) is 21.5. The highest BCUT2D eigenvalue weighted by atomic mass is 35.5. The minimum atomic E-state index is -0.394. The molecule has 30 heavy (non-hydrogen) atoms. The van der Waals surface area contributed by atoms with Crippen LogP contribution < -0.4 is 10.6 Å². The molecule has 0 atom stereocenters. The minimum Gasteiger partial charge on any atom is -0.337 e. The highest BCUT2D eigenvalue weighted by Gasteiger charge is 2.22. The van der Waals surface area contributed by atoms with Gasteiger partial charge < -0.3 is 15.5 Å². The Kier molecular flexibility index (Phi) is 7.25. The second kappa shape index (κ2) is 10.1. The Morgan fingerprint density at radius 2 is 1.57 bits per heavy atom. The molecule has 0 aliphatic carbocycles. The predicted molar refractivity (Wildman–Crippen MR) is 118 cm³/mol. The molecule has 0 aromatic heterocycles. The van der Waals surface area contributed by atoms with Gasteiger partial charge in [0.25, 0.3) is 11.8 Å². The van der Waals surface area contributed by atoms with Gasteiger partial charge in [-0.1, -0.05) is 23.7 Å². The molecule has 3 amide bonds. The number of benzene rings is 2. The fourth-order valence-electron chi connectivity index (χ4n) is 3.25. The van der Waals surface area contributed by atoms with Crippen molar-refractivity contribution in [2.75, 3.05) is 18.4 Å². The van der Waals surface area contributed by atoms with Gasteiger partial charge in [0.15, 0.2) is 0 Å². The molecule has 1 heterocycles. The van der Waals surface area contributed by atoms with Crippen molar-refractivity contribution in [3.63, 3.8) is 0 Å². The summed E-state index contributed by atoms with van der Waals surface area (Å²) in [7, 11) is 0. The van der Waals surface area contributed by atoms with Crippen molar-refractivity contribution < 1.29 is 14.4 Å². The van der Waals surface area contributed by atoms with E-state index in [1.165, 1.54) is 6.92 Å². The molecule has 6 nitrogen and oxygen atoms in total. The number of anilines is 1. The lowest BCUT2D eigenvalue weighted by molar-refractivity contribution is -0.128. The van der Waals surface area contributed by atoms with Crippen molar-refractivity contribution in [2.24, 2.45) is 0 Å². The van der Waals surface area contributed by atoms with E-state index in [4.69, 9.17) is 11.6 Å². The minimum absolute atomic E-state index is 0.187. The summed E-state index contributed by atoms with van der Waals surface area (Å²) in [5.41, 5.74) is 1.97. The molecule has 1 saturated heterocycles. The van der Waals surface area contributed by atoms with Gasteiger partial charge in [-0.3, -0.25) is 14.4 Å². The van der Waals surface area contributed by atoms with Gasteiger partial charge in [0.05, 0.1) is 0 Å². The van der Waals surface area contributed by atoms with Crippen LogP contribution in [-0.4, -0.2) is 35.7 Å². The highest BCUT2D eigenvalue weighted by molar-refractivity contribution is 6.30. The first-order valence-corrected chi connectivity index (χ1v) is 10.3. The first kappa shape index (κ1) is 21.6. The fourth-order valence-corrected chi connectivity index (χ4v) is 3.37. The molecule has 2 aromatic carbocycles. The van der Waals surface area contributed by atoms with Crippen molar-refractivity contribution >= 4 is 41.1 Å². The molecule has 7 heteroatoms. The van der Waals surface area contributed by atoms with Crippen molar-refractivity contribution in [3.05, 3.63) is 70.4 Å². The number of hydrogen-bond donors (Lipinski definition) is 2. The molecule has 156 valence electrons. The number of nitrogens with zero attached hydrogens (tertiary/aromatic N) is 1. The standard InChI is InChI=1S/C23H24ClN3O3/c1-16(28)25-20-11-7-18(8-12-20)22(29)26-21(15-17-5-9-19(24)10-6-17)23(30)27-13-3-2-4-14-27/h5-12,15H,2-4,13-14H2,1H3,(H,25,28)(H,26,29)/b21-15+. The molecule has 0 saturated carbocycles. The maximum absolute atomic E-state index is 13.1. The van der Waals surface area contributed by atoms with Crippen molar-refractivity contribution in [1.29, 1.82) is 0 Å². The van der Waals surface area contributed by atoms with Gasteiger partial charge in [0, 0.05) is 36.3 Å². The van der Waals surface area contributed by atoms with E-state index in [1.807, 2.05) is 0 Å². The predicted octanol–water partition coefficient (Wildman–Crippen LogP) is 4.08. The van der Waals surface area contributed by atoms with Crippen LogP contribution in [-0.2, 0) is 9.59 Å². The molecule has 1 fully saturated rings. The third-order valence-electron chi connectivity index (χ3n) is 4.77. The Morgan fingerprint density at radius 1 is 0.933 bits per heavy atom. The summed E-state index contributed by atoms with van der Waals surface area (Å²) in [5.74, 6) is -0.782. The maximum atomic E-state index is 13.1. The van der Waals surface area contributed by atoms with E-state index in [0.717, 1.165) is 24.8 Å². The number of hydrogen-bond acceptors (Lipinski definition) is 3. The monoisotopic (exact) mass is 425 g/mol. The number of piperidine rings is 1. The van der Waals surface area contributed by atoms with E-state index in [1.54, 1.807) is 59.5 Å². The lowest BCUT2D eigenvalue weighted by atomic mass is 10.1. The number of rotatable bonds is 5. The molecule has 0 spiro atoms. The quantitative estimate of drug-likeness (QED) is 0.708. The average Bonchev–Trinajstić information content (AvgIpc) is 2.75. The Bertz CT molecular complexity index is 947. The van der Waals surface area contributed by atoms with Crippen molar-refractivity contribution in [2.45, 2.75) is 26.2 Å². The fraction of sp³-hybridized carbons (Fsp3) is 0.261. The number of halogens is 1. The second-order valence-corrected chi connectivity index (χ2v) is 7.61. The van der Waals surface area contributed by atoms with Gasteiger partial charge in [-0.25, -0.2) is 0 Å². The first-order valence-electron chi connectivity index (χ1n) is 9.88. The van der Waals surface area contributed by atoms with E-state index in [-0.39, 0.29) is 17.5 Å². The molecule has 2 N–H and O–H groups in total. The van der Waals surface area contributed by atoms with Crippen LogP contribution in [0.25, 0.3) is 6.08 Å². The summed E-state index contributed by atoms with van der Waals surface area (Å²) in [6, 6.07) is 13.5. The zero-order valence-electron chi connectivity index (χ0n) is 16.8. The van der Waals surface area contributed by atoms with E-state index < -0.39 is 5.91 Å². The maximum Gasteiger partial charge on any atom is 0.270 e. The zero-order valence-corrected chi connectivity index (χ0v) is 17.5. The summed E-state index contributed by atoms with van der Waals surface area (Å²) in [4.78, 5) is 38.8. The van der Waals surface area contributed by atoms with Crippen LogP contribution in [0, 0.1) is 0 Å². The van der Waals surface area contributed by atoms with Crippen LogP contribution in [0.4, 0.5) is 5.69 Å². The summed E-state index contributed by atoms with van der Waals surface area (Å²) in [6.45, 7) is 2.77. The molecule has 0 unspecified atom stereocenters. The number of nitrogens with one attached hydrogen (secondary N) is 2. The number of carbonyl (C=O) groups is 3. The van der Waals surface area contributed by atoms with Gasteiger partial charge >= 0.3 is 0 Å². The molecule has 1 aliphatic heterocycles. The van der Waals surface area contributed by atoms with Crippen LogP contribution in [0.1, 0.15) is 42.1 Å². The normalized spacial score (nSPS) is 14.2. The van der Waals surface area contributed by atoms with Crippen LogP contribution >= 0.6 is 11.6 Å². The Morgan fingerprint density at radius 3 is 2.17 bits per heavy atom. The summed E-state index contributed by atoms with van der Waals surface area (Å²) in [5, 5.41) is 6.02. The van der Waals surface area contributed by atoms with Crippen molar-refractivity contribution in [1.82, 2.24) is 10.2 Å². The van der Waals surface area contributed by atoms with Gasteiger partial charge in [0.1, 0.15) is 5.70 Å². The molecule has 3 rings (SSSR count). The van der Waals surface area contributed by atoms with E-state index in [9.17, 15) is 14.4 Å². The lowest BCUT2D eigenvalue weighted by Gasteiger charge is -2.27. The van der Waals surface area contributed by atoms with E-state index in [2.05, 4.69) is 10.6 Å².